The number of aromatic nitrogens is 3. The lowest BCUT2D eigenvalue weighted by molar-refractivity contribution is 0.121. The smallest absolute Gasteiger partial charge is 0.228 e. The van der Waals surface area contributed by atoms with Gasteiger partial charge < -0.3 is 9.64 Å². The maximum atomic E-state index is 8.97. The predicted molar refractivity (Wildman–Crippen MR) is 78.8 cm³/mol. The highest BCUT2D eigenvalue weighted by Gasteiger charge is 2.22. The second-order valence-electron chi connectivity index (χ2n) is 5.28. The maximum Gasteiger partial charge on any atom is 0.228 e. The van der Waals surface area contributed by atoms with Crippen LogP contribution in [0.2, 0.25) is 0 Å². The van der Waals surface area contributed by atoms with Crippen LogP contribution in [0.3, 0.4) is 0 Å². The lowest BCUT2D eigenvalue weighted by atomic mass is 10.2. The van der Waals surface area contributed by atoms with Crippen molar-refractivity contribution in [1.82, 2.24) is 14.8 Å². The van der Waals surface area contributed by atoms with Gasteiger partial charge in [-0.05, 0) is 12.8 Å². The Hall–Kier alpha value is -1.26. The Balaban J connectivity index is 2.24. The van der Waals surface area contributed by atoms with Crippen molar-refractivity contribution < 1.29 is 4.74 Å². The normalized spacial score (nSPS) is 17.2. The molecule has 1 aromatic rings. The zero-order valence-corrected chi connectivity index (χ0v) is 13.1. The van der Waals surface area contributed by atoms with Crippen LogP contribution in [0.25, 0.3) is 0 Å². The first-order valence-electron chi connectivity index (χ1n) is 6.94. The first-order valence-corrected chi connectivity index (χ1v) is 7.82. The van der Waals surface area contributed by atoms with E-state index in [9.17, 15) is 0 Å². The summed E-state index contributed by atoms with van der Waals surface area (Å²) in [5.41, 5.74) is 0. The minimum absolute atomic E-state index is 0.123. The van der Waals surface area contributed by atoms with Gasteiger partial charge in [0, 0.05) is 19.6 Å². The number of thioether (sulfide) groups is 1. The molecule has 1 aliphatic rings. The molecule has 20 heavy (non-hydrogen) atoms. The lowest BCUT2D eigenvalue weighted by Gasteiger charge is -2.28. The van der Waals surface area contributed by atoms with Gasteiger partial charge in [-0.25, -0.2) is 0 Å². The van der Waals surface area contributed by atoms with Crippen LogP contribution >= 0.6 is 11.8 Å². The molecule has 1 saturated heterocycles. The highest BCUT2D eigenvalue weighted by molar-refractivity contribution is 8.00. The molecule has 1 atom stereocenters. The summed E-state index contributed by atoms with van der Waals surface area (Å²) in [5.74, 6) is 1.40. The van der Waals surface area contributed by atoms with Crippen LogP contribution < -0.4 is 4.90 Å². The number of hydrogen-bond acceptors (Lipinski definition) is 6. The van der Waals surface area contributed by atoms with Crippen molar-refractivity contribution in [2.45, 2.75) is 37.7 Å². The molecule has 0 aliphatic carbocycles. The second-order valence-corrected chi connectivity index (χ2v) is 6.58. The van der Waals surface area contributed by atoms with E-state index in [1.54, 1.807) is 0 Å². The Morgan fingerprint density at radius 1 is 1.30 bits per heavy atom. The summed E-state index contributed by atoms with van der Waals surface area (Å²) in [6.45, 7) is 10.2. The van der Waals surface area contributed by atoms with Crippen molar-refractivity contribution in [1.29, 1.82) is 5.26 Å². The van der Waals surface area contributed by atoms with E-state index in [-0.39, 0.29) is 5.25 Å². The van der Waals surface area contributed by atoms with Gasteiger partial charge in [0.2, 0.25) is 5.95 Å². The second kappa shape index (κ2) is 6.95. The van der Waals surface area contributed by atoms with Crippen molar-refractivity contribution in [3.63, 3.8) is 0 Å². The summed E-state index contributed by atoms with van der Waals surface area (Å²) in [7, 11) is 0. The summed E-state index contributed by atoms with van der Waals surface area (Å²) >= 11 is 1.47. The van der Waals surface area contributed by atoms with E-state index in [1.807, 2.05) is 6.92 Å². The molecule has 1 aromatic heterocycles. The Morgan fingerprint density at radius 3 is 2.60 bits per heavy atom. The third kappa shape index (κ3) is 3.64. The Morgan fingerprint density at radius 2 is 2.00 bits per heavy atom. The van der Waals surface area contributed by atoms with Gasteiger partial charge in [-0.1, -0.05) is 25.6 Å². The molecule has 0 saturated carbocycles. The van der Waals surface area contributed by atoms with Crippen LogP contribution in [0.5, 0.6) is 0 Å². The van der Waals surface area contributed by atoms with E-state index in [4.69, 9.17) is 10.00 Å². The summed E-state index contributed by atoms with van der Waals surface area (Å²) in [6.07, 6.45) is 0. The van der Waals surface area contributed by atoms with Crippen LogP contribution in [0.15, 0.2) is 5.16 Å². The highest BCUT2D eigenvalue weighted by Crippen LogP contribution is 2.26. The fourth-order valence-electron chi connectivity index (χ4n) is 2.07. The summed E-state index contributed by atoms with van der Waals surface area (Å²) in [6, 6.07) is 2.23. The molecule has 0 N–H and O–H groups in total. The van der Waals surface area contributed by atoms with E-state index < -0.39 is 0 Å². The minimum atomic E-state index is -0.123. The molecule has 1 aliphatic heterocycles. The van der Waals surface area contributed by atoms with Crippen LogP contribution in [0.1, 0.15) is 20.8 Å². The van der Waals surface area contributed by atoms with E-state index in [0.717, 1.165) is 44.0 Å². The molecule has 110 valence electrons. The molecule has 0 unspecified atom stereocenters. The quantitative estimate of drug-likeness (QED) is 0.771. The minimum Gasteiger partial charge on any atom is -0.378 e. The van der Waals surface area contributed by atoms with Crippen molar-refractivity contribution in [2.24, 2.45) is 5.92 Å². The fraction of sp³-hybridized carbons (Fsp3) is 0.769. The number of rotatable bonds is 5. The third-order valence-electron chi connectivity index (χ3n) is 3.00. The molecular weight excluding hydrogens is 274 g/mol. The molecule has 2 rings (SSSR count). The topological polar surface area (TPSA) is 67.0 Å². The average molecular weight is 295 g/mol. The number of anilines is 1. The number of hydrogen-bond donors (Lipinski definition) is 0. The highest BCUT2D eigenvalue weighted by atomic mass is 32.2. The summed E-state index contributed by atoms with van der Waals surface area (Å²) in [5, 5.41) is 18.3. The van der Waals surface area contributed by atoms with Crippen molar-refractivity contribution in [2.75, 3.05) is 31.2 Å². The molecule has 7 heteroatoms. The average Bonchev–Trinajstić information content (AvgIpc) is 2.82. The lowest BCUT2D eigenvalue weighted by Crippen LogP contribution is -2.38. The van der Waals surface area contributed by atoms with Gasteiger partial charge in [-0.3, -0.25) is 4.57 Å². The molecule has 1 fully saturated rings. The summed E-state index contributed by atoms with van der Waals surface area (Å²) in [4.78, 5) is 2.21. The van der Waals surface area contributed by atoms with E-state index in [1.165, 1.54) is 11.8 Å². The molecule has 6 nitrogen and oxygen atoms in total. The Bertz CT molecular complexity index is 476. The van der Waals surface area contributed by atoms with Crippen LogP contribution in [-0.4, -0.2) is 46.3 Å². The SMILES string of the molecule is CC(C)Cn1c(S[C@H](C)C#N)nnc1N1CCOCC1. The predicted octanol–water partition coefficient (Wildman–Crippen LogP) is 1.77. The van der Waals surface area contributed by atoms with E-state index in [0.29, 0.717) is 5.92 Å². The van der Waals surface area contributed by atoms with E-state index >= 15 is 0 Å². The Labute approximate surface area is 124 Å². The zero-order chi connectivity index (χ0) is 14.5. The molecule has 2 heterocycles. The first kappa shape index (κ1) is 15.1. The van der Waals surface area contributed by atoms with Gasteiger partial charge >= 0.3 is 0 Å². The van der Waals surface area contributed by atoms with Gasteiger partial charge in [-0.15, -0.1) is 10.2 Å². The van der Waals surface area contributed by atoms with Gasteiger partial charge in [-0.2, -0.15) is 5.26 Å². The van der Waals surface area contributed by atoms with Gasteiger partial charge in [0.1, 0.15) is 0 Å². The van der Waals surface area contributed by atoms with Gasteiger partial charge in [0.05, 0.1) is 24.5 Å². The van der Waals surface area contributed by atoms with Crippen molar-refractivity contribution >= 4 is 17.7 Å². The van der Waals surface area contributed by atoms with Crippen LogP contribution in [-0.2, 0) is 11.3 Å². The molecule has 0 bridgehead atoms. The Kier molecular flexibility index (Phi) is 5.26. The first-order chi connectivity index (χ1) is 9.61. The maximum absolute atomic E-state index is 8.97. The van der Waals surface area contributed by atoms with Crippen molar-refractivity contribution in [3.05, 3.63) is 0 Å². The fourth-order valence-corrected chi connectivity index (χ4v) is 2.82. The number of nitrogens with zero attached hydrogens (tertiary/aromatic N) is 5. The monoisotopic (exact) mass is 295 g/mol. The number of ether oxygens (including phenoxy) is 1. The molecule has 0 aromatic carbocycles. The third-order valence-corrected chi connectivity index (χ3v) is 3.97. The zero-order valence-electron chi connectivity index (χ0n) is 12.2. The molecule has 0 radical (unpaired) electrons. The van der Waals surface area contributed by atoms with Crippen LogP contribution in [0.4, 0.5) is 5.95 Å². The number of nitriles is 1. The number of morpholine rings is 1. The van der Waals surface area contributed by atoms with Gasteiger partial charge in [0.25, 0.3) is 0 Å². The largest absolute Gasteiger partial charge is 0.378 e. The van der Waals surface area contributed by atoms with Crippen LogP contribution in [0, 0.1) is 17.2 Å². The molecular formula is C13H21N5OS. The summed E-state index contributed by atoms with van der Waals surface area (Å²) < 4.78 is 7.52. The molecule has 0 spiro atoms. The van der Waals surface area contributed by atoms with Crippen molar-refractivity contribution in [3.8, 4) is 6.07 Å². The molecule has 0 amide bonds. The standard InChI is InChI=1S/C13H21N5OS/c1-10(2)9-18-12(17-4-6-19-7-5-17)15-16-13(18)20-11(3)8-14/h10-11H,4-7,9H2,1-3H3/t11-/m1/s1. The van der Waals surface area contributed by atoms with E-state index in [2.05, 4.69) is 39.6 Å². The van der Waals surface area contributed by atoms with Gasteiger partial charge in [0.15, 0.2) is 5.16 Å².